The minimum absolute atomic E-state index is 0.0404. The Labute approximate surface area is 179 Å². The molecule has 2 heterocycles. The minimum atomic E-state index is -4.20. The maximum atomic E-state index is 13.0. The van der Waals surface area contributed by atoms with Gasteiger partial charge in [-0.05, 0) is 42.5 Å². The highest BCUT2D eigenvalue weighted by molar-refractivity contribution is 7.93. The molecule has 0 bridgehead atoms. The van der Waals surface area contributed by atoms with E-state index in [0.717, 1.165) is 37.7 Å². The van der Waals surface area contributed by atoms with Crippen molar-refractivity contribution in [3.05, 3.63) is 34.5 Å². The molecule has 0 spiro atoms. The summed E-state index contributed by atoms with van der Waals surface area (Å²) in [5.41, 5.74) is -0.0439. The quantitative estimate of drug-likeness (QED) is 0.613. The molecule has 1 aromatic carbocycles. The number of benzene rings is 1. The molecule has 164 valence electrons. The van der Waals surface area contributed by atoms with E-state index in [0.29, 0.717) is 13.1 Å². The standard InChI is InChI=1S/C18H22N2O7S3/c1-26-15-7-6-13(30(24,25)20-9-4-3-5-10-20)12-14(15)19-29(22,23)16-8-11-28-17(16)18(21)27-2/h6-8,11-12,19H,3-5,9-10H2,1-2H3. The van der Waals surface area contributed by atoms with E-state index in [-0.39, 0.29) is 26.1 Å². The van der Waals surface area contributed by atoms with Gasteiger partial charge in [0.15, 0.2) is 0 Å². The average molecular weight is 475 g/mol. The van der Waals surface area contributed by atoms with E-state index in [1.807, 2.05) is 0 Å². The summed E-state index contributed by atoms with van der Waals surface area (Å²) in [6.45, 7) is 0.847. The number of piperidine rings is 1. The smallest absolute Gasteiger partial charge is 0.349 e. The number of hydrogen-bond acceptors (Lipinski definition) is 8. The van der Waals surface area contributed by atoms with E-state index in [1.165, 1.54) is 41.1 Å². The molecule has 12 heteroatoms. The Morgan fingerprint density at radius 1 is 1.07 bits per heavy atom. The molecular weight excluding hydrogens is 452 g/mol. The van der Waals surface area contributed by atoms with Crippen LogP contribution in [0.15, 0.2) is 39.4 Å². The van der Waals surface area contributed by atoms with Crippen LogP contribution in [-0.4, -0.2) is 54.4 Å². The highest BCUT2D eigenvalue weighted by Crippen LogP contribution is 2.33. The predicted molar refractivity (Wildman–Crippen MR) is 112 cm³/mol. The van der Waals surface area contributed by atoms with E-state index in [4.69, 9.17) is 4.74 Å². The Hall–Kier alpha value is -2.15. The lowest BCUT2D eigenvalue weighted by atomic mass is 10.2. The fourth-order valence-corrected chi connectivity index (χ4v) is 7.07. The van der Waals surface area contributed by atoms with Gasteiger partial charge in [0.25, 0.3) is 10.0 Å². The molecule has 0 atom stereocenters. The first-order chi connectivity index (χ1) is 14.2. The zero-order chi connectivity index (χ0) is 21.9. The molecule has 1 saturated heterocycles. The van der Waals surface area contributed by atoms with Gasteiger partial charge in [-0.2, -0.15) is 4.31 Å². The van der Waals surface area contributed by atoms with Crippen molar-refractivity contribution in [2.24, 2.45) is 0 Å². The van der Waals surface area contributed by atoms with Crippen molar-refractivity contribution in [2.75, 3.05) is 32.0 Å². The van der Waals surface area contributed by atoms with Crippen molar-refractivity contribution in [2.45, 2.75) is 29.1 Å². The predicted octanol–water partition coefficient (Wildman–Crippen LogP) is 2.52. The zero-order valence-corrected chi connectivity index (χ0v) is 18.9. The summed E-state index contributed by atoms with van der Waals surface area (Å²) in [5.74, 6) is -0.634. The third-order valence-electron chi connectivity index (χ3n) is 4.66. The van der Waals surface area contributed by atoms with Crippen molar-refractivity contribution in [1.29, 1.82) is 0 Å². The lowest BCUT2D eigenvalue weighted by Crippen LogP contribution is -2.35. The van der Waals surface area contributed by atoms with Gasteiger partial charge in [-0.15, -0.1) is 11.3 Å². The third-order valence-corrected chi connectivity index (χ3v) is 8.98. The number of nitrogens with one attached hydrogen (secondary N) is 1. The number of esters is 1. The van der Waals surface area contributed by atoms with Crippen LogP contribution in [0.2, 0.25) is 0 Å². The van der Waals surface area contributed by atoms with Crippen molar-refractivity contribution in [1.82, 2.24) is 4.31 Å². The van der Waals surface area contributed by atoms with Crippen LogP contribution >= 0.6 is 11.3 Å². The van der Waals surface area contributed by atoms with Gasteiger partial charge in [0, 0.05) is 13.1 Å². The van der Waals surface area contributed by atoms with Gasteiger partial charge >= 0.3 is 5.97 Å². The van der Waals surface area contributed by atoms with E-state index in [2.05, 4.69) is 9.46 Å². The molecule has 0 amide bonds. The highest BCUT2D eigenvalue weighted by atomic mass is 32.2. The van der Waals surface area contributed by atoms with E-state index >= 15 is 0 Å². The van der Waals surface area contributed by atoms with Crippen molar-refractivity contribution in [3.8, 4) is 5.75 Å². The van der Waals surface area contributed by atoms with Gasteiger partial charge in [-0.1, -0.05) is 6.42 Å². The average Bonchev–Trinajstić information content (AvgIpc) is 3.24. The normalized spacial score (nSPS) is 15.5. The van der Waals surface area contributed by atoms with Crippen LogP contribution in [0.4, 0.5) is 5.69 Å². The summed E-state index contributed by atoms with van der Waals surface area (Å²) >= 11 is 0.928. The Balaban J connectivity index is 1.99. The Morgan fingerprint density at radius 2 is 1.77 bits per heavy atom. The van der Waals surface area contributed by atoms with Gasteiger partial charge < -0.3 is 9.47 Å². The van der Waals surface area contributed by atoms with Crippen LogP contribution in [0, 0.1) is 0 Å². The van der Waals surface area contributed by atoms with Crippen LogP contribution in [0.5, 0.6) is 5.75 Å². The summed E-state index contributed by atoms with van der Waals surface area (Å²) in [5, 5.41) is 1.45. The number of nitrogens with zero attached hydrogens (tertiary/aromatic N) is 1. The molecule has 30 heavy (non-hydrogen) atoms. The first-order valence-electron chi connectivity index (χ1n) is 9.07. The van der Waals surface area contributed by atoms with Crippen molar-refractivity contribution < 1.29 is 31.1 Å². The molecular formula is C18H22N2O7S3. The summed E-state index contributed by atoms with van der Waals surface area (Å²) in [6, 6.07) is 5.28. The topological polar surface area (TPSA) is 119 Å². The molecule has 0 radical (unpaired) electrons. The van der Waals surface area contributed by atoms with Gasteiger partial charge in [-0.25, -0.2) is 21.6 Å². The zero-order valence-electron chi connectivity index (χ0n) is 16.5. The molecule has 1 aromatic heterocycles. The lowest BCUT2D eigenvalue weighted by molar-refractivity contribution is 0.0602. The second-order valence-electron chi connectivity index (χ2n) is 6.54. The van der Waals surface area contributed by atoms with E-state index in [1.54, 1.807) is 0 Å². The maximum absolute atomic E-state index is 13.0. The Bertz CT molecular complexity index is 1130. The van der Waals surface area contributed by atoms with Crippen LogP contribution in [0.1, 0.15) is 28.9 Å². The Morgan fingerprint density at radius 3 is 2.40 bits per heavy atom. The number of rotatable bonds is 7. The molecule has 9 nitrogen and oxygen atoms in total. The molecule has 0 aliphatic carbocycles. The van der Waals surface area contributed by atoms with Crippen molar-refractivity contribution >= 4 is 43.0 Å². The van der Waals surface area contributed by atoms with Crippen LogP contribution in [0.3, 0.4) is 0 Å². The number of anilines is 1. The Kier molecular flexibility index (Phi) is 6.70. The molecule has 0 unspecified atom stereocenters. The number of methoxy groups -OCH3 is 2. The van der Waals surface area contributed by atoms with Crippen LogP contribution in [0.25, 0.3) is 0 Å². The first-order valence-corrected chi connectivity index (χ1v) is 12.9. The number of thiophene rings is 1. The van der Waals surface area contributed by atoms with E-state index < -0.39 is 26.0 Å². The largest absolute Gasteiger partial charge is 0.495 e. The molecule has 1 aliphatic heterocycles. The first kappa shape index (κ1) is 22.5. The summed E-state index contributed by atoms with van der Waals surface area (Å²) in [7, 11) is -5.48. The van der Waals surface area contributed by atoms with Gasteiger partial charge in [0.1, 0.15) is 15.5 Å². The monoisotopic (exact) mass is 474 g/mol. The second-order valence-corrected chi connectivity index (χ2v) is 11.0. The molecule has 0 saturated carbocycles. The molecule has 1 aliphatic rings. The second kappa shape index (κ2) is 8.92. The molecule has 2 aromatic rings. The number of sulfonamides is 2. The SMILES string of the molecule is COC(=O)c1sccc1S(=O)(=O)Nc1cc(S(=O)(=O)N2CCCCC2)ccc1OC. The fourth-order valence-electron chi connectivity index (χ4n) is 3.13. The van der Waals surface area contributed by atoms with Crippen molar-refractivity contribution in [3.63, 3.8) is 0 Å². The molecule has 1 fully saturated rings. The number of carbonyl (C=O) groups excluding carboxylic acids is 1. The molecule has 3 rings (SSSR count). The van der Waals surface area contributed by atoms with Gasteiger partial charge in [-0.3, -0.25) is 4.72 Å². The van der Waals surface area contributed by atoms with Crippen LogP contribution in [-0.2, 0) is 24.8 Å². The highest BCUT2D eigenvalue weighted by Gasteiger charge is 2.29. The van der Waals surface area contributed by atoms with Crippen LogP contribution < -0.4 is 9.46 Å². The summed E-state index contributed by atoms with van der Waals surface area (Å²) in [4.78, 5) is 11.5. The van der Waals surface area contributed by atoms with Gasteiger partial charge in [0.2, 0.25) is 10.0 Å². The molecule has 1 N–H and O–H groups in total. The summed E-state index contributed by atoms with van der Waals surface area (Å²) in [6.07, 6.45) is 2.54. The fraction of sp³-hybridized carbons (Fsp3) is 0.389. The van der Waals surface area contributed by atoms with Gasteiger partial charge in [0.05, 0.1) is 24.8 Å². The minimum Gasteiger partial charge on any atom is -0.495 e. The summed E-state index contributed by atoms with van der Waals surface area (Å²) < 4.78 is 65.3. The number of carbonyl (C=O) groups is 1. The maximum Gasteiger partial charge on any atom is 0.349 e. The number of hydrogen-bond donors (Lipinski definition) is 1. The lowest BCUT2D eigenvalue weighted by Gasteiger charge is -2.26. The number of ether oxygens (including phenoxy) is 2. The third kappa shape index (κ3) is 4.46. The van der Waals surface area contributed by atoms with E-state index in [9.17, 15) is 21.6 Å².